The molecular formula is C19H33N5O2. The van der Waals surface area contributed by atoms with Gasteiger partial charge in [0, 0.05) is 50.5 Å². The number of nitrogens with one attached hydrogen (secondary N) is 2. The second-order valence-corrected chi connectivity index (χ2v) is 7.01. The summed E-state index contributed by atoms with van der Waals surface area (Å²) in [6.07, 6.45) is 2.72. The Morgan fingerprint density at radius 2 is 2.12 bits per heavy atom. The molecule has 2 N–H and O–H groups in total. The highest BCUT2D eigenvalue weighted by molar-refractivity contribution is 5.79. The Morgan fingerprint density at radius 3 is 2.81 bits per heavy atom. The smallest absolute Gasteiger partial charge is 0.218 e. The van der Waals surface area contributed by atoms with E-state index in [9.17, 15) is 0 Å². The first-order chi connectivity index (χ1) is 12.6. The first kappa shape index (κ1) is 20.5. The average molecular weight is 364 g/mol. The van der Waals surface area contributed by atoms with E-state index in [-0.39, 0.29) is 5.54 Å². The van der Waals surface area contributed by atoms with Gasteiger partial charge in [-0.25, -0.2) is 4.98 Å². The zero-order valence-electron chi connectivity index (χ0n) is 16.5. The van der Waals surface area contributed by atoms with E-state index in [1.165, 1.54) is 0 Å². The van der Waals surface area contributed by atoms with Gasteiger partial charge in [0.25, 0.3) is 0 Å². The SMILES string of the molecule is CCCOc1ncccc1CNC(=NC)NCC(C)(C)N1CCOCC1. The fourth-order valence-electron chi connectivity index (χ4n) is 2.87. The summed E-state index contributed by atoms with van der Waals surface area (Å²) in [7, 11) is 1.79. The van der Waals surface area contributed by atoms with Crippen molar-refractivity contribution < 1.29 is 9.47 Å². The first-order valence-electron chi connectivity index (χ1n) is 9.41. The third-order valence-corrected chi connectivity index (χ3v) is 4.52. The zero-order chi connectivity index (χ0) is 18.8. The van der Waals surface area contributed by atoms with Crippen LogP contribution in [0.25, 0.3) is 0 Å². The van der Waals surface area contributed by atoms with Crippen molar-refractivity contribution in [3.05, 3.63) is 23.9 Å². The standard InChI is InChI=1S/C19H33N5O2/c1-5-11-26-17-16(7-6-8-21-17)14-22-18(20-4)23-15-19(2,3)24-9-12-25-13-10-24/h6-8H,5,9-15H2,1-4H3,(H2,20,22,23). The quantitative estimate of drug-likeness (QED) is 0.541. The largest absolute Gasteiger partial charge is 0.477 e. The van der Waals surface area contributed by atoms with E-state index in [2.05, 4.69) is 46.3 Å². The van der Waals surface area contributed by atoms with Crippen molar-refractivity contribution in [2.45, 2.75) is 39.3 Å². The Kier molecular flexibility index (Phi) is 8.12. The van der Waals surface area contributed by atoms with Crippen LogP contribution in [-0.2, 0) is 11.3 Å². The topological polar surface area (TPSA) is 71.0 Å². The summed E-state index contributed by atoms with van der Waals surface area (Å²) in [5, 5.41) is 6.79. The Labute approximate surface area is 157 Å². The van der Waals surface area contributed by atoms with Crippen molar-refractivity contribution in [1.82, 2.24) is 20.5 Å². The lowest BCUT2D eigenvalue weighted by molar-refractivity contribution is -0.00834. The average Bonchev–Trinajstić information content (AvgIpc) is 2.68. The van der Waals surface area contributed by atoms with Crippen molar-refractivity contribution in [1.29, 1.82) is 0 Å². The normalized spacial score (nSPS) is 16.4. The number of hydrogen-bond donors (Lipinski definition) is 2. The molecule has 1 fully saturated rings. The van der Waals surface area contributed by atoms with Crippen LogP contribution < -0.4 is 15.4 Å². The van der Waals surface area contributed by atoms with E-state index in [0.29, 0.717) is 19.0 Å². The Bertz CT molecular complexity index is 571. The van der Waals surface area contributed by atoms with Crippen molar-refractivity contribution in [2.24, 2.45) is 4.99 Å². The maximum Gasteiger partial charge on any atom is 0.218 e. The van der Waals surface area contributed by atoms with Crippen LogP contribution in [0.2, 0.25) is 0 Å². The summed E-state index contributed by atoms with van der Waals surface area (Å²) < 4.78 is 11.2. The van der Waals surface area contributed by atoms with Gasteiger partial charge in [0.05, 0.1) is 19.8 Å². The monoisotopic (exact) mass is 363 g/mol. The van der Waals surface area contributed by atoms with Gasteiger partial charge in [-0.15, -0.1) is 0 Å². The molecule has 0 aromatic carbocycles. The summed E-state index contributed by atoms with van der Waals surface area (Å²) in [4.78, 5) is 11.1. The molecule has 2 heterocycles. The predicted octanol–water partition coefficient (Wildman–Crippen LogP) is 1.65. The minimum atomic E-state index is 0.0328. The molecule has 1 aromatic rings. The van der Waals surface area contributed by atoms with Crippen LogP contribution in [0.5, 0.6) is 5.88 Å². The van der Waals surface area contributed by atoms with E-state index in [1.807, 2.05) is 12.1 Å². The first-order valence-corrected chi connectivity index (χ1v) is 9.41. The Morgan fingerprint density at radius 1 is 1.35 bits per heavy atom. The van der Waals surface area contributed by atoms with E-state index in [1.54, 1.807) is 13.2 Å². The molecule has 7 nitrogen and oxygen atoms in total. The van der Waals surface area contributed by atoms with Gasteiger partial charge in [-0.1, -0.05) is 13.0 Å². The third kappa shape index (κ3) is 6.14. The van der Waals surface area contributed by atoms with Gasteiger partial charge in [0.15, 0.2) is 5.96 Å². The fourth-order valence-corrected chi connectivity index (χ4v) is 2.87. The molecule has 0 radical (unpaired) electrons. The molecular weight excluding hydrogens is 330 g/mol. The third-order valence-electron chi connectivity index (χ3n) is 4.52. The van der Waals surface area contributed by atoms with Gasteiger partial charge in [0.1, 0.15) is 0 Å². The predicted molar refractivity (Wildman–Crippen MR) is 105 cm³/mol. The maximum atomic E-state index is 5.72. The summed E-state index contributed by atoms with van der Waals surface area (Å²) >= 11 is 0. The number of rotatable bonds is 8. The molecule has 1 aliphatic rings. The summed E-state index contributed by atoms with van der Waals surface area (Å²) in [5.74, 6) is 1.46. The number of guanidine groups is 1. The van der Waals surface area contributed by atoms with Crippen LogP contribution in [0.4, 0.5) is 0 Å². The lowest BCUT2D eigenvalue weighted by atomic mass is 10.0. The highest BCUT2D eigenvalue weighted by Crippen LogP contribution is 2.16. The molecule has 0 amide bonds. The van der Waals surface area contributed by atoms with Gasteiger partial charge in [-0.05, 0) is 26.3 Å². The van der Waals surface area contributed by atoms with Crippen molar-refractivity contribution >= 4 is 5.96 Å². The van der Waals surface area contributed by atoms with Crippen LogP contribution in [0, 0.1) is 0 Å². The molecule has 0 bridgehead atoms. The highest BCUT2D eigenvalue weighted by Gasteiger charge is 2.28. The minimum Gasteiger partial charge on any atom is -0.477 e. The number of ether oxygens (including phenoxy) is 2. The van der Waals surface area contributed by atoms with Gasteiger partial charge in [-0.2, -0.15) is 0 Å². The zero-order valence-corrected chi connectivity index (χ0v) is 16.5. The molecule has 0 atom stereocenters. The number of hydrogen-bond acceptors (Lipinski definition) is 5. The van der Waals surface area contributed by atoms with Crippen LogP contribution in [-0.4, -0.2) is 67.9 Å². The van der Waals surface area contributed by atoms with Gasteiger partial charge in [-0.3, -0.25) is 9.89 Å². The second-order valence-electron chi connectivity index (χ2n) is 7.01. The maximum absolute atomic E-state index is 5.72. The van der Waals surface area contributed by atoms with Crippen molar-refractivity contribution in [2.75, 3.05) is 46.5 Å². The lowest BCUT2D eigenvalue weighted by Crippen LogP contribution is -2.56. The van der Waals surface area contributed by atoms with E-state index >= 15 is 0 Å². The summed E-state index contributed by atoms with van der Waals surface area (Å²) in [6.45, 7) is 12.2. The number of pyridine rings is 1. The van der Waals surface area contributed by atoms with Crippen LogP contribution >= 0.6 is 0 Å². The number of aromatic nitrogens is 1. The molecule has 0 saturated carbocycles. The van der Waals surface area contributed by atoms with Gasteiger partial charge < -0.3 is 20.1 Å². The molecule has 0 spiro atoms. The Hall–Kier alpha value is -1.86. The summed E-state index contributed by atoms with van der Waals surface area (Å²) in [5.41, 5.74) is 1.06. The molecule has 0 unspecified atom stereocenters. The molecule has 1 aliphatic heterocycles. The Balaban J connectivity index is 1.86. The molecule has 1 aromatic heterocycles. The van der Waals surface area contributed by atoms with E-state index < -0.39 is 0 Å². The molecule has 1 saturated heterocycles. The highest BCUT2D eigenvalue weighted by atomic mass is 16.5. The van der Waals surface area contributed by atoms with E-state index in [0.717, 1.165) is 50.8 Å². The van der Waals surface area contributed by atoms with Crippen LogP contribution in [0.15, 0.2) is 23.3 Å². The molecule has 146 valence electrons. The van der Waals surface area contributed by atoms with Gasteiger partial charge in [0.2, 0.25) is 5.88 Å². The molecule has 26 heavy (non-hydrogen) atoms. The summed E-state index contributed by atoms with van der Waals surface area (Å²) in [6, 6.07) is 3.95. The molecule has 0 aliphatic carbocycles. The molecule has 2 rings (SSSR count). The van der Waals surface area contributed by atoms with Crippen LogP contribution in [0.1, 0.15) is 32.8 Å². The minimum absolute atomic E-state index is 0.0328. The molecule has 7 heteroatoms. The second kappa shape index (κ2) is 10.3. The van der Waals surface area contributed by atoms with E-state index in [4.69, 9.17) is 9.47 Å². The lowest BCUT2D eigenvalue weighted by Gasteiger charge is -2.41. The van der Waals surface area contributed by atoms with Crippen LogP contribution in [0.3, 0.4) is 0 Å². The number of aliphatic imine (C=N–C) groups is 1. The van der Waals surface area contributed by atoms with Crippen molar-refractivity contribution in [3.63, 3.8) is 0 Å². The van der Waals surface area contributed by atoms with Crippen molar-refractivity contribution in [3.8, 4) is 5.88 Å². The fraction of sp³-hybridized carbons (Fsp3) is 0.684. The number of nitrogens with zero attached hydrogens (tertiary/aromatic N) is 3. The van der Waals surface area contributed by atoms with Gasteiger partial charge >= 0.3 is 0 Å². The number of morpholine rings is 1.